The Morgan fingerprint density at radius 2 is 1.54 bits per heavy atom. The van der Waals surface area contributed by atoms with Crippen molar-refractivity contribution >= 4 is 23.2 Å². The summed E-state index contributed by atoms with van der Waals surface area (Å²) in [6, 6.07) is 32.2. The van der Waals surface area contributed by atoms with Gasteiger partial charge in [0.1, 0.15) is 5.75 Å². The third-order valence-electron chi connectivity index (χ3n) is 5.67. The highest BCUT2D eigenvalue weighted by Crippen LogP contribution is 2.24. The second-order valence-electron chi connectivity index (χ2n) is 8.37. The Morgan fingerprint density at radius 1 is 0.800 bits per heavy atom. The number of anilines is 2. The van der Waals surface area contributed by atoms with Gasteiger partial charge in [0.25, 0.3) is 5.91 Å². The number of para-hydroxylation sites is 1. The third-order valence-corrected chi connectivity index (χ3v) is 5.67. The summed E-state index contributed by atoms with van der Waals surface area (Å²) in [5, 5.41) is 2.91. The molecule has 0 heterocycles. The number of hydrogen-bond donors (Lipinski definition) is 1. The van der Waals surface area contributed by atoms with E-state index in [1.807, 2.05) is 91.9 Å². The minimum atomic E-state index is -0.143. The van der Waals surface area contributed by atoms with Gasteiger partial charge in [-0.3, -0.25) is 9.59 Å². The summed E-state index contributed by atoms with van der Waals surface area (Å²) in [6.45, 7) is 2.43. The molecule has 0 unspecified atom stereocenters. The van der Waals surface area contributed by atoms with Crippen LogP contribution in [-0.2, 0) is 17.8 Å². The summed E-state index contributed by atoms with van der Waals surface area (Å²) >= 11 is 0. The van der Waals surface area contributed by atoms with Crippen molar-refractivity contribution in [2.24, 2.45) is 0 Å². The zero-order valence-electron chi connectivity index (χ0n) is 19.9. The maximum atomic E-state index is 13.7. The summed E-state index contributed by atoms with van der Waals surface area (Å²) in [6.07, 6.45) is 0.203. The molecule has 0 atom stereocenters. The lowest BCUT2D eigenvalue weighted by Crippen LogP contribution is -2.30. The number of amides is 2. The van der Waals surface area contributed by atoms with E-state index >= 15 is 0 Å². The molecule has 1 N–H and O–H groups in total. The van der Waals surface area contributed by atoms with E-state index in [1.165, 1.54) is 0 Å². The molecule has 176 valence electrons. The number of methoxy groups -OCH3 is 1. The van der Waals surface area contributed by atoms with E-state index in [0.29, 0.717) is 17.9 Å². The Kier molecular flexibility index (Phi) is 7.58. The Bertz CT molecular complexity index is 1300. The number of carbonyl (C=O) groups is 2. The maximum Gasteiger partial charge on any atom is 0.258 e. The molecule has 0 aliphatic rings. The van der Waals surface area contributed by atoms with E-state index < -0.39 is 0 Å². The first-order valence-corrected chi connectivity index (χ1v) is 11.5. The van der Waals surface area contributed by atoms with E-state index in [4.69, 9.17) is 4.74 Å². The first kappa shape index (κ1) is 23.8. The molecule has 2 amide bonds. The van der Waals surface area contributed by atoms with Crippen molar-refractivity contribution in [1.82, 2.24) is 0 Å². The number of carbonyl (C=O) groups excluding carboxylic acids is 2. The zero-order chi connectivity index (χ0) is 24.6. The fourth-order valence-corrected chi connectivity index (χ4v) is 3.81. The van der Waals surface area contributed by atoms with Crippen molar-refractivity contribution in [1.29, 1.82) is 0 Å². The number of nitrogens with zero attached hydrogens (tertiary/aromatic N) is 1. The van der Waals surface area contributed by atoms with Crippen LogP contribution in [0.4, 0.5) is 11.4 Å². The number of nitrogens with one attached hydrogen (secondary N) is 1. The molecule has 0 aliphatic heterocycles. The van der Waals surface area contributed by atoms with E-state index in [-0.39, 0.29) is 18.2 Å². The maximum absolute atomic E-state index is 13.7. The lowest BCUT2D eigenvalue weighted by Gasteiger charge is -2.24. The molecule has 0 saturated heterocycles. The number of ether oxygens (including phenoxy) is 1. The van der Waals surface area contributed by atoms with Crippen LogP contribution < -0.4 is 15.0 Å². The molecule has 4 rings (SSSR count). The molecule has 5 nitrogen and oxygen atoms in total. The van der Waals surface area contributed by atoms with E-state index in [2.05, 4.69) is 5.32 Å². The topological polar surface area (TPSA) is 58.6 Å². The van der Waals surface area contributed by atoms with Gasteiger partial charge >= 0.3 is 0 Å². The summed E-state index contributed by atoms with van der Waals surface area (Å²) in [4.78, 5) is 28.0. The van der Waals surface area contributed by atoms with Gasteiger partial charge in [-0.15, -0.1) is 0 Å². The van der Waals surface area contributed by atoms with Gasteiger partial charge in [-0.05, 0) is 60.5 Å². The van der Waals surface area contributed by atoms with Gasteiger partial charge in [0.05, 0.1) is 20.1 Å². The largest absolute Gasteiger partial charge is 0.497 e. The van der Waals surface area contributed by atoms with Gasteiger partial charge < -0.3 is 15.0 Å². The zero-order valence-corrected chi connectivity index (χ0v) is 19.9. The molecule has 0 radical (unpaired) electrons. The predicted molar refractivity (Wildman–Crippen MR) is 140 cm³/mol. The fraction of sp³-hybridized carbons (Fsp3) is 0.133. The van der Waals surface area contributed by atoms with Crippen LogP contribution >= 0.6 is 0 Å². The lowest BCUT2D eigenvalue weighted by atomic mass is 10.1. The smallest absolute Gasteiger partial charge is 0.258 e. The average Bonchev–Trinajstić information content (AvgIpc) is 2.88. The minimum absolute atomic E-state index is 0.113. The highest BCUT2D eigenvalue weighted by molar-refractivity contribution is 6.06. The minimum Gasteiger partial charge on any atom is -0.497 e. The average molecular weight is 465 g/mol. The van der Waals surface area contributed by atoms with Crippen molar-refractivity contribution in [3.63, 3.8) is 0 Å². The van der Waals surface area contributed by atoms with Crippen LogP contribution in [0.1, 0.15) is 27.0 Å². The van der Waals surface area contributed by atoms with E-state index in [0.717, 1.165) is 28.1 Å². The molecule has 0 aliphatic carbocycles. The van der Waals surface area contributed by atoms with E-state index in [1.54, 1.807) is 30.2 Å². The number of aryl methyl sites for hydroxylation is 1. The first-order chi connectivity index (χ1) is 17.0. The van der Waals surface area contributed by atoms with Crippen molar-refractivity contribution in [2.45, 2.75) is 19.9 Å². The first-order valence-electron chi connectivity index (χ1n) is 11.5. The SMILES string of the molecule is COc1cccc(C(=O)N(Cc2ccc(C)cc2)c2cccc(CC(=O)Nc3ccccc3)c2)c1. The van der Waals surface area contributed by atoms with Gasteiger partial charge in [0.2, 0.25) is 5.91 Å². The highest BCUT2D eigenvalue weighted by Gasteiger charge is 2.20. The summed E-state index contributed by atoms with van der Waals surface area (Å²) in [7, 11) is 1.58. The monoisotopic (exact) mass is 464 g/mol. The molecular formula is C30H28N2O3. The predicted octanol–water partition coefficient (Wildman–Crippen LogP) is 6.03. The molecule has 4 aromatic carbocycles. The summed E-state index contributed by atoms with van der Waals surface area (Å²) < 4.78 is 5.32. The van der Waals surface area contributed by atoms with Crippen molar-refractivity contribution < 1.29 is 14.3 Å². The fourth-order valence-electron chi connectivity index (χ4n) is 3.81. The van der Waals surface area contributed by atoms with Crippen molar-refractivity contribution in [3.8, 4) is 5.75 Å². The third kappa shape index (κ3) is 6.36. The number of rotatable bonds is 8. The summed E-state index contributed by atoms with van der Waals surface area (Å²) in [5.41, 5.74) is 5.00. The van der Waals surface area contributed by atoms with E-state index in [9.17, 15) is 9.59 Å². The second-order valence-corrected chi connectivity index (χ2v) is 8.37. The van der Waals surface area contributed by atoms with Crippen LogP contribution in [0.3, 0.4) is 0 Å². The molecule has 0 fully saturated rings. The molecule has 0 bridgehead atoms. The van der Waals surface area contributed by atoms with Crippen LogP contribution in [0.15, 0.2) is 103 Å². The molecular weight excluding hydrogens is 436 g/mol. The van der Waals surface area contributed by atoms with Gasteiger partial charge in [-0.1, -0.05) is 66.2 Å². The van der Waals surface area contributed by atoms with Crippen LogP contribution in [-0.4, -0.2) is 18.9 Å². The Labute approximate surface area is 206 Å². The molecule has 4 aromatic rings. The van der Waals surface area contributed by atoms with Crippen LogP contribution in [0.5, 0.6) is 5.75 Å². The van der Waals surface area contributed by atoms with Gasteiger partial charge in [0, 0.05) is 16.9 Å². The molecule has 0 aromatic heterocycles. The van der Waals surface area contributed by atoms with Gasteiger partial charge in [-0.25, -0.2) is 0 Å². The Balaban J connectivity index is 1.61. The standard InChI is InChI=1S/C30H28N2O3/c1-22-14-16-23(17-15-22)21-32(30(34)25-9-7-13-28(20-25)35-2)27-12-6-8-24(18-27)19-29(33)31-26-10-4-3-5-11-26/h3-18,20H,19,21H2,1-2H3,(H,31,33). The van der Waals surface area contributed by atoms with Crippen LogP contribution in [0, 0.1) is 6.92 Å². The second kappa shape index (κ2) is 11.2. The van der Waals surface area contributed by atoms with Gasteiger partial charge in [0.15, 0.2) is 0 Å². The summed E-state index contributed by atoms with van der Waals surface area (Å²) in [5.74, 6) is 0.366. The molecule has 0 spiro atoms. The molecule has 35 heavy (non-hydrogen) atoms. The molecule has 0 saturated carbocycles. The van der Waals surface area contributed by atoms with Crippen LogP contribution in [0.25, 0.3) is 0 Å². The van der Waals surface area contributed by atoms with Crippen molar-refractivity contribution in [2.75, 3.05) is 17.3 Å². The molecule has 5 heteroatoms. The lowest BCUT2D eigenvalue weighted by molar-refractivity contribution is -0.115. The number of benzene rings is 4. The van der Waals surface area contributed by atoms with Gasteiger partial charge in [-0.2, -0.15) is 0 Å². The quantitative estimate of drug-likeness (QED) is 0.346. The highest BCUT2D eigenvalue weighted by atomic mass is 16.5. The number of hydrogen-bond acceptors (Lipinski definition) is 3. The normalized spacial score (nSPS) is 10.5. The van der Waals surface area contributed by atoms with Crippen LogP contribution in [0.2, 0.25) is 0 Å². The Morgan fingerprint density at radius 3 is 2.29 bits per heavy atom. The van der Waals surface area contributed by atoms with Crippen molar-refractivity contribution in [3.05, 3.63) is 125 Å². The Hall–Kier alpha value is -4.38.